The molecule has 0 unspecified atom stereocenters. The molecule has 0 spiro atoms. The van der Waals surface area contributed by atoms with E-state index in [1.165, 1.54) is 16.7 Å². The van der Waals surface area contributed by atoms with Gasteiger partial charge in [-0.15, -0.1) is 13.3 Å². The Morgan fingerprint density at radius 3 is 1.89 bits per heavy atom. The van der Waals surface area contributed by atoms with Crippen molar-refractivity contribution in [3.63, 3.8) is 0 Å². The first-order chi connectivity index (χ1) is 8.36. The van der Waals surface area contributed by atoms with Crippen LogP contribution in [-0.4, -0.2) is 0 Å². The van der Waals surface area contributed by atoms with Crippen LogP contribution in [0.3, 0.4) is 0 Å². The third-order valence-corrected chi connectivity index (χ3v) is 3.15. The fraction of sp³-hybridized carbons (Fsp3) is 0.467. The van der Waals surface area contributed by atoms with E-state index in [1.807, 2.05) is 12.2 Å². The molecule has 0 fully saturated rings. The first-order valence-corrected chi connectivity index (χ1v) is 12.2. The van der Waals surface area contributed by atoms with Gasteiger partial charge in [-0.25, -0.2) is 17.7 Å². The van der Waals surface area contributed by atoms with E-state index in [1.54, 1.807) is 0 Å². The topological polar surface area (TPSA) is 0 Å². The van der Waals surface area contributed by atoms with Crippen LogP contribution in [0, 0.1) is 17.6 Å². The van der Waals surface area contributed by atoms with Gasteiger partial charge in [0.05, 0.1) is 0 Å². The Morgan fingerprint density at radius 2 is 1.78 bits per heavy atom. The SMILES string of the molecule is CC1=[C-]C(C)(C)C(C)=C1C.[C-]1=CC=CC1.[Cl][Zr+2][Cl]. The molecule has 3 heteroatoms. The van der Waals surface area contributed by atoms with E-state index in [-0.39, 0.29) is 5.41 Å². The molecule has 0 aromatic carbocycles. The molecule has 0 N–H and O–H groups in total. The molecule has 0 nitrogen and oxygen atoms in total. The minimum atomic E-state index is -0.826. The quantitative estimate of drug-likeness (QED) is 0.478. The van der Waals surface area contributed by atoms with Crippen LogP contribution in [0.2, 0.25) is 0 Å². The van der Waals surface area contributed by atoms with E-state index in [0.29, 0.717) is 0 Å². The van der Waals surface area contributed by atoms with Crippen molar-refractivity contribution in [1.29, 1.82) is 0 Å². The summed E-state index contributed by atoms with van der Waals surface area (Å²) in [6.07, 6.45) is 13.4. The molecule has 0 radical (unpaired) electrons. The number of allylic oxidation sites excluding steroid dienone is 8. The molecule has 0 saturated heterocycles. The summed E-state index contributed by atoms with van der Waals surface area (Å²) < 4.78 is 0. The molecular weight excluding hydrogens is 342 g/mol. The first-order valence-electron chi connectivity index (χ1n) is 5.85. The molecule has 0 saturated carbocycles. The zero-order valence-corrected chi connectivity index (χ0v) is 15.7. The van der Waals surface area contributed by atoms with Gasteiger partial charge >= 0.3 is 37.9 Å². The van der Waals surface area contributed by atoms with Crippen molar-refractivity contribution in [2.24, 2.45) is 5.41 Å². The van der Waals surface area contributed by atoms with Crippen LogP contribution < -0.4 is 0 Å². The Balaban J connectivity index is 0.000000301. The van der Waals surface area contributed by atoms with Gasteiger partial charge in [0.1, 0.15) is 0 Å². The molecule has 0 bridgehead atoms. The summed E-state index contributed by atoms with van der Waals surface area (Å²) in [4.78, 5) is 0. The van der Waals surface area contributed by atoms with Gasteiger partial charge in [-0.3, -0.25) is 12.2 Å². The van der Waals surface area contributed by atoms with Gasteiger partial charge in [0.2, 0.25) is 0 Å². The van der Waals surface area contributed by atoms with Crippen LogP contribution in [0.1, 0.15) is 41.0 Å². The van der Waals surface area contributed by atoms with Gasteiger partial charge in [-0.1, -0.05) is 33.1 Å². The van der Waals surface area contributed by atoms with Crippen molar-refractivity contribution in [3.05, 3.63) is 47.1 Å². The average Bonchev–Trinajstić information content (AvgIpc) is 2.90. The second-order valence-electron chi connectivity index (χ2n) is 4.70. The summed E-state index contributed by atoms with van der Waals surface area (Å²) in [7, 11) is 9.87. The zero-order chi connectivity index (χ0) is 14.2. The summed E-state index contributed by atoms with van der Waals surface area (Å²) in [6.45, 7) is 10.9. The zero-order valence-electron chi connectivity index (χ0n) is 11.7. The molecular formula is C15H20Cl2Zr. The Morgan fingerprint density at radius 1 is 1.22 bits per heavy atom. The van der Waals surface area contributed by atoms with Crippen molar-refractivity contribution in [2.45, 2.75) is 41.0 Å². The maximum atomic E-state index is 4.93. The Bertz CT molecular complexity index is 364. The standard InChI is InChI=1S/C10H15.C5H5.2ClH.Zr/c1-7-6-10(4,5)9(3)8(7)2;1-2-4-5-3-1;;;/h1-5H3;1-3H,4H2;2*1H;/q2*-1;;;+4/p-2. The normalized spacial score (nSPS) is 18.5. The molecule has 0 amide bonds. The maximum absolute atomic E-state index is 4.93. The molecule has 0 aliphatic heterocycles. The Labute approximate surface area is 130 Å². The molecule has 18 heavy (non-hydrogen) atoms. The molecule has 98 valence electrons. The predicted octanol–water partition coefficient (Wildman–Crippen LogP) is 5.79. The molecule has 2 rings (SSSR count). The third kappa shape index (κ3) is 6.55. The van der Waals surface area contributed by atoms with Crippen LogP contribution in [0.15, 0.2) is 34.9 Å². The number of hydrogen-bond donors (Lipinski definition) is 0. The van der Waals surface area contributed by atoms with Gasteiger partial charge in [0.15, 0.2) is 0 Å². The summed E-state index contributed by atoms with van der Waals surface area (Å²) in [5.74, 6) is 0. The fourth-order valence-corrected chi connectivity index (χ4v) is 1.75. The Kier molecular flexibility index (Phi) is 9.57. The molecule has 0 aromatic heterocycles. The third-order valence-electron chi connectivity index (χ3n) is 3.15. The summed E-state index contributed by atoms with van der Waals surface area (Å²) >= 11 is -0.826. The van der Waals surface area contributed by atoms with Crippen LogP contribution in [0.4, 0.5) is 0 Å². The predicted molar refractivity (Wildman–Crippen MR) is 77.9 cm³/mol. The average molecular weight is 362 g/mol. The van der Waals surface area contributed by atoms with Crippen LogP contribution >= 0.6 is 17.0 Å². The van der Waals surface area contributed by atoms with Gasteiger partial charge < -0.3 is 0 Å². The van der Waals surface area contributed by atoms with E-state index in [4.69, 9.17) is 17.0 Å². The second kappa shape index (κ2) is 9.35. The molecule has 0 atom stereocenters. The molecule has 2 aliphatic carbocycles. The van der Waals surface area contributed by atoms with E-state index in [9.17, 15) is 0 Å². The minimum absolute atomic E-state index is 0.189. The van der Waals surface area contributed by atoms with Gasteiger partial charge in [-0.05, 0) is 0 Å². The molecule has 2 aliphatic rings. The van der Waals surface area contributed by atoms with Crippen LogP contribution in [0.25, 0.3) is 0 Å². The van der Waals surface area contributed by atoms with Gasteiger partial charge in [0, 0.05) is 0 Å². The van der Waals surface area contributed by atoms with Gasteiger partial charge in [-0.2, -0.15) is 17.2 Å². The van der Waals surface area contributed by atoms with Crippen molar-refractivity contribution < 1.29 is 20.8 Å². The summed E-state index contributed by atoms with van der Waals surface area (Å²) in [5, 5.41) is 0. The number of hydrogen-bond acceptors (Lipinski definition) is 0. The van der Waals surface area contributed by atoms with Crippen molar-refractivity contribution >= 4 is 17.0 Å². The summed E-state index contributed by atoms with van der Waals surface area (Å²) in [6, 6.07) is 0. The molecule has 0 aromatic rings. The van der Waals surface area contributed by atoms with E-state index in [0.717, 1.165) is 6.42 Å². The van der Waals surface area contributed by atoms with Crippen LogP contribution in [-0.2, 0) is 20.8 Å². The van der Waals surface area contributed by atoms with Crippen molar-refractivity contribution in [2.75, 3.05) is 0 Å². The van der Waals surface area contributed by atoms with Crippen molar-refractivity contribution in [3.8, 4) is 0 Å². The fourth-order valence-electron chi connectivity index (χ4n) is 1.75. The van der Waals surface area contributed by atoms with E-state index < -0.39 is 20.8 Å². The van der Waals surface area contributed by atoms with Crippen molar-refractivity contribution in [1.82, 2.24) is 0 Å². The monoisotopic (exact) mass is 360 g/mol. The van der Waals surface area contributed by atoms with Gasteiger partial charge in [0.25, 0.3) is 0 Å². The number of halogens is 2. The summed E-state index contributed by atoms with van der Waals surface area (Å²) in [5.41, 5.74) is 4.39. The molecule has 0 heterocycles. The Hall–Kier alpha value is 0.423. The number of rotatable bonds is 0. The second-order valence-corrected chi connectivity index (χ2v) is 8.43. The van der Waals surface area contributed by atoms with Crippen LogP contribution in [0.5, 0.6) is 0 Å². The first kappa shape index (κ1) is 18.4. The van der Waals surface area contributed by atoms with E-state index >= 15 is 0 Å². The van der Waals surface area contributed by atoms with E-state index in [2.05, 4.69) is 52.8 Å².